The molecule has 1 nitrogen and oxygen atoms in total. The number of rotatable bonds is 4. The minimum absolute atomic E-state index is 0.137. The van der Waals surface area contributed by atoms with Gasteiger partial charge in [-0.1, -0.05) is 72.9 Å². The van der Waals surface area contributed by atoms with Crippen molar-refractivity contribution < 1.29 is 0 Å². The molecule has 0 bridgehead atoms. The Morgan fingerprint density at radius 3 is 1.95 bits per heavy atom. The van der Waals surface area contributed by atoms with E-state index in [2.05, 4.69) is 43.1 Å². The van der Waals surface area contributed by atoms with Gasteiger partial charge in [-0.3, -0.25) is 4.99 Å². The van der Waals surface area contributed by atoms with Gasteiger partial charge in [0, 0.05) is 26.8 Å². The maximum atomic E-state index is 6.22. The molecule has 2 rings (SSSR count). The molecule has 0 heterocycles. The van der Waals surface area contributed by atoms with Crippen LogP contribution in [0.2, 0.25) is 15.1 Å². The smallest absolute Gasteiger partial charge is 0.0750 e. The number of benzene rings is 2. The molecule has 0 amide bonds. The maximum Gasteiger partial charge on any atom is 0.0750 e. The SMILES string of the molecule is CC(C)c1ccc(C=NC(C)c2c(Cl)cc(Cl)cc2Cl)cc1. The number of hydrogen-bond acceptors (Lipinski definition) is 1. The molecule has 0 aromatic heterocycles. The zero-order valence-electron chi connectivity index (χ0n) is 12.8. The largest absolute Gasteiger partial charge is 0.285 e. The number of aliphatic imine (C=N–C) groups is 1. The van der Waals surface area contributed by atoms with E-state index in [1.54, 1.807) is 12.1 Å². The van der Waals surface area contributed by atoms with Crippen LogP contribution in [-0.2, 0) is 0 Å². The molecular formula is C18H18Cl3N. The molecule has 0 saturated carbocycles. The van der Waals surface area contributed by atoms with Crippen LogP contribution < -0.4 is 0 Å². The molecule has 0 saturated heterocycles. The normalized spacial score (nSPS) is 13.0. The van der Waals surface area contributed by atoms with Crippen LogP contribution in [0.4, 0.5) is 0 Å². The molecule has 1 unspecified atom stereocenters. The van der Waals surface area contributed by atoms with E-state index in [0.29, 0.717) is 21.0 Å². The first-order chi connectivity index (χ1) is 10.4. The van der Waals surface area contributed by atoms with Gasteiger partial charge >= 0.3 is 0 Å². The van der Waals surface area contributed by atoms with E-state index < -0.39 is 0 Å². The van der Waals surface area contributed by atoms with Crippen molar-refractivity contribution in [2.24, 2.45) is 4.99 Å². The molecule has 1 atom stereocenters. The van der Waals surface area contributed by atoms with Gasteiger partial charge in [-0.05, 0) is 36.1 Å². The van der Waals surface area contributed by atoms with E-state index in [4.69, 9.17) is 34.8 Å². The second-order valence-corrected chi connectivity index (χ2v) is 6.81. The standard InChI is InChI=1S/C18H18Cl3N/c1-11(2)14-6-4-13(5-7-14)10-22-12(3)18-16(20)8-15(19)9-17(18)21/h4-12H,1-3H3. The lowest BCUT2D eigenvalue weighted by molar-refractivity contribution is 0.825. The highest BCUT2D eigenvalue weighted by Gasteiger charge is 2.13. The zero-order valence-corrected chi connectivity index (χ0v) is 15.0. The quantitative estimate of drug-likeness (QED) is 0.527. The Morgan fingerprint density at radius 1 is 0.909 bits per heavy atom. The third-order valence-corrected chi connectivity index (χ3v) is 4.36. The lowest BCUT2D eigenvalue weighted by Gasteiger charge is -2.12. The molecule has 0 fully saturated rings. The summed E-state index contributed by atoms with van der Waals surface area (Å²) in [5.41, 5.74) is 3.16. The predicted molar refractivity (Wildman–Crippen MR) is 98.0 cm³/mol. The Hall–Kier alpha value is -1.02. The first kappa shape index (κ1) is 17.3. The third kappa shape index (κ3) is 4.25. The van der Waals surface area contributed by atoms with Gasteiger partial charge in [0.25, 0.3) is 0 Å². The van der Waals surface area contributed by atoms with Crippen molar-refractivity contribution in [2.45, 2.75) is 32.7 Å². The Kier molecular flexibility index (Phi) is 5.91. The molecule has 0 N–H and O–H groups in total. The predicted octanol–water partition coefficient (Wildman–Crippen LogP) is 6.95. The average molecular weight is 355 g/mol. The van der Waals surface area contributed by atoms with Gasteiger partial charge in [-0.25, -0.2) is 0 Å². The minimum Gasteiger partial charge on any atom is -0.285 e. The molecule has 2 aromatic rings. The highest BCUT2D eigenvalue weighted by Crippen LogP contribution is 2.35. The summed E-state index contributed by atoms with van der Waals surface area (Å²) >= 11 is 18.4. The first-order valence-corrected chi connectivity index (χ1v) is 8.29. The van der Waals surface area contributed by atoms with E-state index in [-0.39, 0.29) is 6.04 Å². The molecule has 0 spiro atoms. The molecule has 0 aliphatic heterocycles. The second kappa shape index (κ2) is 7.50. The molecule has 0 radical (unpaired) electrons. The lowest BCUT2D eigenvalue weighted by Crippen LogP contribution is -1.95. The molecule has 0 aliphatic carbocycles. The van der Waals surface area contributed by atoms with E-state index in [0.717, 1.165) is 11.1 Å². The Bertz CT molecular complexity index is 652. The van der Waals surface area contributed by atoms with E-state index >= 15 is 0 Å². The molecule has 0 aliphatic rings. The van der Waals surface area contributed by atoms with Crippen molar-refractivity contribution in [3.8, 4) is 0 Å². The van der Waals surface area contributed by atoms with Gasteiger partial charge in [0.1, 0.15) is 0 Å². The van der Waals surface area contributed by atoms with Crippen molar-refractivity contribution in [3.05, 3.63) is 68.2 Å². The zero-order chi connectivity index (χ0) is 16.3. The highest BCUT2D eigenvalue weighted by molar-refractivity contribution is 6.39. The summed E-state index contributed by atoms with van der Waals surface area (Å²) in [6.45, 7) is 6.31. The fraction of sp³-hybridized carbons (Fsp3) is 0.278. The molecule has 116 valence electrons. The van der Waals surface area contributed by atoms with Crippen molar-refractivity contribution in [1.29, 1.82) is 0 Å². The Morgan fingerprint density at radius 2 is 1.45 bits per heavy atom. The summed E-state index contributed by atoms with van der Waals surface area (Å²) in [7, 11) is 0. The number of nitrogens with zero attached hydrogens (tertiary/aromatic N) is 1. The van der Waals surface area contributed by atoms with Crippen LogP contribution in [0.3, 0.4) is 0 Å². The highest BCUT2D eigenvalue weighted by atomic mass is 35.5. The summed E-state index contributed by atoms with van der Waals surface area (Å²) in [5.74, 6) is 0.525. The maximum absolute atomic E-state index is 6.22. The third-order valence-electron chi connectivity index (χ3n) is 3.51. The minimum atomic E-state index is -0.137. The van der Waals surface area contributed by atoms with E-state index in [1.807, 2.05) is 13.1 Å². The summed E-state index contributed by atoms with van der Waals surface area (Å²) in [6.07, 6.45) is 1.84. The summed E-state index contributed by atoms with van der Waals surface area (Å²) < 4.78 is 0. The molecule has 2 aromatic carbocycles. The monoisotopic (exact) mass is 353 g/mol. The van der Waals surface area contributed by atoms with Crippen molar-refractivity contribution in [2.75, 3.05) is 0 Å². The van der Waals surface area contributed by atoms with Crippen LogP contribution >= 0.6 is 34.8 Å². The van der Waals surface area contributed by atoms with Gasteiger partial charge in [0.05, 0.1) is 6.04 Å². The van der Waals surface area contributed by atoms with Gasteiger partial charge < -0.3 is 0 Å². The Labute approximate surface area is 146 Å². The van der Waals surface area contributed by atoms with Crippen LogP contribution in [0, 0.1) is 0 Å². The second-order valence-electron chi connectivity index (χ2n) is 5.56. The summed E-state index contributed by atoms with van der Waals surface area (Å²) in [5, 5.41) is 1.61. The first-order valence-electron chi connectivity index (χ1n) is 7.16. The van der Waals surface area contributed by atoms with Crippen LogP contribution in [0.15, 0.2) is 41.4 Å². The van der Waals surface area contributed by atoms with Crippen molar-refractivity contribution >= 4 is 41.0 Å². The van der Waals surface area contributed by atoms with Crippen molar-refractivity contribution in [3.63, 3.8) is 0 Å². The topological polar surface area (TPSA) is 12.4 Å². The van der Waals surface area contributed by atoms with Crippen LogP contribution in [-0.4, -0.2) is 6.21 Å². The molecular weight excluding hydrogens is 337 g/mol. The summed E-state index contributed by atoms with van der Waals surface area (Å²) in [6, 6.07) is 11.6. The number of halogens is 3. The van der Waals surface area contributed by atoms with Gasteiger partial charge in [0.2, 0.25) is 0 Å². The van der Waals surface area contributed by atoms with Crippen LogP contribution in [0.1, 0.15) is 49.4 Å². The van der Waals surface area contributed by atoms with Crippen LogP contribution in [0.25, 0.3) is 0 Å². The fourth-order valence-corrected chi connectivity index (χ4v) is 3.32. The molecule has 4 heteroatoms. The van der Waals surface area contributed by atoms with Gasteiger partial charge in [0.15, 0.2) is 0 Å². The molecule has 22 heavy (non-hydrogen) atoms. The van der Waals surface area contributed by atoms with E-state index in [9.17, 15) is 0 Å². The lowest BCUT2D eigenvalue weighted by atomic mass is 10.0. The van der Waals surface area contributed by atoms with Crippen LogP contribution in [0.5, 0.6) is 0 Å². The number of hydrogen-bond donors (Lipinski definition) is 0. The average Bonchev–Trinajstić information content (AvgIpc) is 2.44. The Balaban J connectivity index is 2.19. The van der Waals surface area contributed by atoms with Gasteiger partial charge in [-0.15, -0.1) is 0 Å². The van der Waals surface area contributed by atoms with Gasteiger partial charge in [-0.2, -0.15) is 0 Å². The van der Waals surface area contributed by atoms with E-state index in [1.165, 1.54) is 5.56 Å². The van der Waals surface area contributed by atoms with Crippen molar-refractivity contribution in [1.82, 2.24) is 0 Å². The fourth-order valence-electron chi connectivity index (χ4n) is 2.19. The summed E-state index contributed by atoms with van der Waals surface area (Å²) in [4.78, 5) is 4.55.